The van der Waals surface area contributed by atoms with Crippen LogP contribution in [0.4, 0.5) is 0 Å². The summed E-state index contributed by atoms with van der Waals surface area (Å²) >= 11 is 0. The third-order valence-electron chi connectivity index (χ3n) is 2.69. The molecule has 3 heteroatoms. The largest absolute Gasteiger partial charge is 0.382 e. The predicted molar refractivity (Wildman–Crippen MR) is 62.8 cm³/mol. The molecule has 0 aromatic heterocycles. The van der Waals surface area contributed by atoms with Crippen LogP contribution < -0.4 is 0 Å². The van der Waals surface area contributed by atoms with Gasteiger partial charge in [0.25, 0.3) is 0 Å². The first-order chi connectivity index (χ1) is 7.21. The van der Waals surface area contributed by atoms with Crippen molar-refractivity contribution in [2.45, 2.75) is 40.5 Å². The van der Waals surface area contributed by atoms with Gasteiger partial charge in [-0.3, -0.25) is 4.79 Å². The standard InChI is InChI=1S/C8H15NO.C4H10O/c1-3-7-5-6-9(4-2)8(7)10;1-3-5-4-2/h7H,3-6H2,1-2H3;3-4H2,1-2H3. The SMILES string of the molecule is CCC1CCN(CC)C1=O.CCOCC. The molecule has 1 aliphatic rings. The van der Waals surface area contributed by atoms with Crippen molar-refractivity contribution in [3.05, 3.63) is 0 Å². The molecule has 1 amide bonds. The minimum absolute atomic E-state index is 0.333. The van der Waals surface area contributed by atoms with Crippen LogP contribution in [0.1, 0.15) is 40.5 Å². The first-order valence-electron chi connectivity index (χ1n) is 6.07. The summed E-state index contributed by atoms with van der Waals surface area (Å²) in [4.78, 5) is 13.2. The van der Waals surface area contributed by atoms with E-state index in [1.54, 1.807) is 0 Å². The van der Waals surface area contributed by atoms with Gasteiger partial charge in [0, 0.05) is 32.2 Å². The first kappa shape index (κ1) is 14.4. The molecule has 3 nitrogen and oxygen atoms in total. The number of rotatable bonds is 4. The zero-order valence-electron chi connectivity index (χ0n) is 10.6. The van der Waals surface area contributed by atoms with Crippen LogP contribution in [0.5, 0.6) is 0 Å². The molecule has 0 N–H and O–H groups in total. The minimum atomic E-state index is 0.333. The highest BCUT2D eigenvalue weighted by Gasteiger charge is 2.28. The molecule has 90 valence electrons. The number of amides is 1. The molecule has 0 spiro atoms. The lowest BCUT2D eigenvalue weighted by Crippen LogP contribution is -2.26. The molecule has 15 heavy (non-hydrogen) atoms. The van der Waals surface area contributed by atoms with Crippen molar-refractivity contribution in [1.29, 1.82) is 0 Å². The van der Waals surface area contributed by atoms with Crippen molar-refractivity contribution in [3.63, 3.8) is 0 Å². The number of ether oxygens (including phenoxy) is 1. The second kappa shape index (κ2) is 8.72. The maximum atomic E-state index is 11.3. The molecular weight excluding hydrogens is 190 g/mol. The monoisotopic (exact) mass is 215 g/mol. The number of likely N-dealkylation sites (tertiary alicyclic amines) is 1. The van der Waals surface area contributed by atoms with Crippen LogP contribution in [0.3, 0.4) is 0 Å². The van der Waals surface area contributed by atoms with E-state index >= 15 is 0 Å². The average Bonchev–Trinajstić information content (AvgIpc) is 2.61. The Labute approximate surface area is 93.8 Å². The Bertz CT molecular complexity index is 155. The Morgan fingerprint density at radius 3 is 2.07 bits per heavy atom. The summed E-state index contributed by atoms with van der Waals surface area (Å²) in [5, 5.41) is 0. The van der Waals surface area contributed by atoms with E-state index in [2.05, 4.69) is 6.92 Å². The predicted octanol–water partition coefficient (Wildman–Crippen LogP) is 2.31. The van der Waals surface area contributed by atoms with E-state index in [9.17, 15) is 4.79 Å². The second-order valence-corrected chi connectivity index (χ2v) is 3.59. The van der Waals surface area contributed by atoms with E-state index < -0.39 is 0 Å². The normalized spacial score (nSPS) is 20.1. The number of hydrogen-bond donors (Lipinski definition) is 0. The van der Waals surface area contributed by atoms with Gasteiger partial charge in [-0.2, -0.15) is 0 Å². The zero-order chi connectivity index (χ0) is 11.7. The molecule has 0 radical (unpaired) electrons. The van der Waals surface area contributed by atoms with E-state index in [1.807, 2.05) is 25.7 Å². The maximum Gasteiger partial charge on any atom is 0.225 e. The second-order valence-electron chi connectivity index (χ2n) is 3.59. The molecule has 0 aromatic rings. The third-order valence-corrected chi connectivity index (χ3v) is 2.69. The van der Waals surface area contributed by atoms with Gasteiger partial charge >= 0.3 is 0 Å². The van der Waals surface area contributed by atoms with Crippen LogP contribution in [-0.4, -0.2) is 37.1 Å². The zero-order valence-corrected chi connectivity index (χ0v) is 10.6. The highest BCUT2D eigenvalue weighted by atomic mass is 16.5. The molecule has 1 heterocycles. The van der Waals surface area contributed by atoms with Gasteiger partial charge in [0.1, 0.15) is 0 Å². The fourth-order valence-corrected chi connectivity index (χ4v) is 1.70. The fourth-order valence-electron chi connectivity index (χ4n) is 1.70. The van der Waals surface area contributed by atoms with E-state index in [4.69, 9.17) is 4.74 Å². The Morgan fingerprint density at radius 2 is 1.87 bits per heavy atom. The third kappa shape index (κ3) is 5.17. The summed E-state index contributed by atoms with van der Waals surface area (Å²) in [6, 6.07) is 0. The molecule has 0 aromatic carbocycles. The highest BCUT2D eigenvalue weighted by molar-refractivity contribution is 5.80. The number of nitrogens with zero attached hydrogens (tertiary/aromatic N) is 1. The van der Waals surface area contributed by atoms with Crippen LogP contribution >= 0.6 is 0 Å². The molecule has 1 fully saturated rings. The quantitative estimate of drug-likeness (QED) is 0.720. The molecule has 1 saturated heterocycles. The number of carbonyl (C=O) groups is 1. The summed E-state index contributed by atoms with van der Waals surface area (Å²) in [6.07, 6.45) is 2.08. The minimum Gasteiger partial charge on any atom is -0.382 e. The number of carbonyl (C=O) groups excluding carboxylic acids is 1. The molecule has 0 aliphatic carbocycles. The molecule has 1 unspecified atom stereocenters. The Hall–Kier alpha value is -0.570. The van der Waals surface area contributed by atoms with Crippen molar-refractivity contribution in [3.8, 4) is 0 Å². The van der Waals surface area contributed by atoms with Crippen LogP contribution in [0, 0.1) is 5.92 Å². The molecule has 1 aliphatic heterocycles. The average molecular weight is 215 g/mol. The first-order valence-corrected chi connectivity index (χ1v) is 6.07. The fraction of sp³-hybridized carbons (Fsp3) is 0.917. The lowest BCUT2D eigenvalue weighted by atomic mass is 10.1. The van der Waals surface area contributed by atoms with E-state index in [0.717, 1.165) is 39.1 Å². The van der Waals surface area contributed by atoms with Gasteiger partial charge in [-0.25, -0.2) is 0 Å². The Morgan fingerprint density at radius 1 is 1.27 bits per heavy atom. The molecule has 0 bridgehead atoms. The summed E-state index contributed by atoms with van der Waals surface area (Å²) < 4.78 is 4.83. The van der Waals surface area contributed by atoms with Crippen molar-refractivity contribution in [2.75, 3.05) is 26.3 Å². The molecule has 0 saturated carbocycles. The van der Waals surface area contributed by atoms with Gasteiger partial charge in [-0.05, 0) is 33.6 Å². The molecule has 1 atom stereocenters. The molecule has 1 rings (SSSR count). The van der Waals surface area contributed by atoms with Gasteiger partial charge in [-0.15, -0.1) is 0 Å². The van der Waals surface area contributed by atoms with Crippen molar-refractivity contribution in [2.24, 2.45) is 5.92 Å². The molecular formula is C12H25NO2. The van der Waals surface area contributed by atoms with E-state index in [0.29, 0.717) is 11.8 Å². The van der Waals surface area contributed by atoms with Gasteiger partial charge in [0.15, 0.2) is 0 Å². The van der Waals surface area contributed by atoms with Crippen LogP contribution in [0.25, 0.3) is 0 Å². The van der Waals surface area contributed by atoms with Crippen LogP contribution in [0.2, 0.25) is 0 Å². The van der Waals surface area contributed by atoms with Crippen molar-refractivity contribution < 1.29 is 9.53 Å². The van der Waals surface area contributed by atoms with Crippen molar-refractivity contribution in [1.82, 2.24) is 4.90 Å². The Balaban J connectivity index is 0.000000336. The van der Waals surface area contributed by atoms with Gasteiger partial charge in [-0.1, -0.05) is 6.92 Å². The van der Waals surface area contributed by atoms with Crippen LogP contribution in [-0.2, 0) is 9.53 Å². The topological polar surface area (TPSA) is 29.5 Å². The van der Waals surface area contributed by atoms with Gasteiger partial charge < -0.3 is 9.64 Å². The van der Waals surface area contributed by atoms with E-state index in [-0.39, 0.29) is 0 Å². The lowest BCUT2D eigenvalue weighted by molar-refractivity contribution is -0.130. The summed E-state index contributed by atoms with van der Waals surface area (Å²) in [5.74, 6) is 0.699. The smallest absolute Gasteiger partial charge is 0.225 e. The number of hydrogen-bond acceptors (Lipinski definition) is 2. The summed E-state index contributed by atoms with van der Waals surface area (Å²) in [7, 11) is 0. The maximum absolute atomic E-state index is 11.3. The van der Waals surface area contributed by atoms with Crippen molar-refractivity contribution >= 4 is 5.91 Å². The lowest BCUT2D eigenvalue weighted by Gasteiger charge is -2.12. The van der Waals surface area contributed by atoms with Crippen LogP contribution in [0.15, 0.2) is 0 Å². The van der Waals surface area contributed by atoms with E-state index in [1.165, 1.54) is 0 Å². The Kier molecular flexibility index (Phi) is 8.38. The summed E-state index contributed by atoms with van der Waals surface area (Å²) in [6.45, 7) is 11.7. The van der Waals surface area contributed by atoms with Gasteiger partial charge in [0.2, 0.25) is 5.91 Å². The van der Waals surface area contributed by atoms with Gasteiger partial charge in [0.05, 0.1) is 0 Å². The highest BCUT2D eigenvalue weighted by Crippen LogP contribution is 2.19. The summed E-state index contributed by atoms with van der Waals surface area (Å²) in [5.41, 5.74) is 0.